The van der Waals surface area contributed by atoms with E-state index in [2.05, 4.69) is 10.2 Å². The molecule has 1 atom stereocenters. The molecule has 0 aromatic heterocycles. The fourth-order valence-electron chi connectivity index (χ4n) is 2.07. The van der Waals surface area contributed by atoms with Gasteiger partial charge in [-0.15, -0.1) is 0 Å². The van der Waals surface area contributed by atoms with E-state index in [4.69, 9.17) is 5.11 Å². The molecule has 1 aliphatic carbocycles. The molecule has 4 heteroatoms. The summed E-state index contributed by atoms with van der Waals surface area (Å²) in [5, 5.41) is 11.1. The monoisotopic (exact) mass is 184 g/mol. The largest absolute Gasteiger partial charge is 0.465 e. The number of piperidine rings is 1. The molecule has 4 nitrogen and oxygen atoms in total. The van der Waals surface area contributed by atoms with Crippen LogP contribution in [0.3, 0.4) is 0 Å². The van der Waals surface area contributed by atoms with Gasteiger partial charge in [0.05, 0.1) is 0 Å². The van der Waals surface area contributed by atoms with E-state index in [-0.39, 0.29) is 6.04 Å². The maximum atomic E-state index is 10.4. The van der Waals surface area contributed by atoms with Crippen molar-refractivity contribution < 1.29 is 9.90 Å². The molecule has 2 aliphatic rings. The Morgan fingerprint density at radius 2 is 2.15 bits per heavy atom. The van der Waals surface area contributed by atoms with Crippen LogP contribution in [0, 0.1) is 0 Å². The van der Waals surface area contributed by atoms with Crippen LogP contribution in [0.2, 0.25) is 0 Å². The second kappa shape index (κ2) is 3.54. The number of carboxylic acid groups (broad SMARTS) is 1. The molecule has 0 aromatic rings. The molecule has 0 unspecified atom stereocenters. The Morgan fingerprint density at radius 3 is 2.77 bits per heavy atom. The molecular weight excluding hydrogens is 168 g/mol. The lowest BCUT2D eigenvalue weighted by Gasteiger charge is -2.32. The lowest BCUT2D eigenvalue weighted by molar-refractivity contribution is 0.159. The van der Waals surface area contributed by atoms with Gasteiger partial charge >= 0.3 is 6.09 Å². The van der Waals surface area contributed by atoms with Gasteiger partial charge in [0.15, 0.2) is 0 Å². The zero-order valence-electron chi connectivity index (χ0n) is 7.70. The topological polar surface area (TPSA) is 52.6 Å². The van der Waals surface area contributed by atoms with Crippen LogP contribution >= 0.6 is 0 Å². The van der Waals surface area contributed by atoms with Crippen LogP contribution in [0.4, 0.5) is 4.79 Å². The number of likely N-dealkylation sites (tertiary alicyclic amines) is 1. The molecular formula is C9H16N2O2. The normalized spacial score (nSPS) is 30.0. The third-order valence-electron chi connectivity index (χ3n) is 2.84. The van der Waals surface area contributed by atoms with Gasteiger partial charge in [-0.05, 0) is 32.2 Å². The lowest BCUT2D eigenvalue weighted by atomic mass is 10.1. The van der Waals surface area contributed by atoms with E-state index in [1.165, 1.54) is 12.8 Å². The highest BCUT2D eigenvalue weighted by Crippen LogP contribution is 2.29. The molecule has 0 aromatic carbocycles. The van der Waals surface area contributed by atoms with Crippen molar-refractivity contribution in [3.63, 3.8) is 0 Å². The predicted octanol–water partition coefficient (Wildman–Crippen LogP) is 0.881. The zero-order valence-corrected chi connectivity index (χ0v) is 7.70. The average molecular weight is 184 g/mol. The molecule has 74 valence electrons. The molecule has 2 N–H and O–H groups in total. The van der Waals surface area contributed by atoms with Gasteiger partial charge in [-0.1, -0.05) is 0 Å². The maximum Gasteiger partial charge on any atom is 0.404 e. The van der Waals surface area contributed by atoms with Crippen LogP contribution in [-0.4, -0.2) is 41.3 Å². The average Bonchev–Trinajstić information content (AvgIpc) is 2.85. The molecule has 1 saturated carbocycles. The fraction of sp³-hybridized carbons (Fsp3) is 0.889. The minimum absolute atomic E-state index is 0.159. The molecule has 0 bridgehead atoms. The van der Waals surface area contributed by atoms with Crippen molar-refractivity contribution >= 4 is 6.09 Å². The van der Waals surface area contributed by atoms with Gasteiger partial charge in [0.1, 0.15) is 0 Å². The molecule has 2 rings (SSSR count). The van der Waals surface area contributed by atoms with Gasteiger partial charge in [-0.3, -0.25) is 4.90 Å². The number of carbonyl (C=O) groups is 1. The molecule has 1 amide bonds. The summed E-state index contributed by atoms with van der Waals surface area (Å²) in [5.41, 5.74) is 0. The summed E-state index contributed by atoms with van der Waals surface area (Å²) in [6, 6.07) is 0.922. The minimum atomic E-state index is -0.886. The highest BCUT2D eigenvalue weighted by atomic mass is 16.4. The molecule has 0 radical (unpaired) electrons. The van der Waals surface area contributed by atoms with Gasteiger partial charge in [0.2, 0.25) is 0 Å². The van der Waals surface area contributed by atoms with Gasteiger partial charge in [0.25, 0.3) is 0 Å². The molecule has 1 aliphatic heterocycles. The van der Waals surface area contributed by atoms with E-state index in [0.29, 0.717) is 0 Å². The zero-order chi connectivity index (χ0) is 9.26. The first-order valence-electron chi connectivity index (χ1n) is 4.99. The van der Waals surface area contributed by atoms with Gasteiger partial charge in [-0.25, -0.2) is 4.79 Å². The maximum absolute atomic E-state index is 10.4. The van der Waals surface area contributed by atoms with Crippen molar-refractivity contribution in [1.82, 2.24) is 10.2 Å². The third-order valence-corrected chi connectivity index (χ3v) is 2.84. The highest BCUT2D eigenvalue weighted by molar-refractivity contribution is 5.64. The smallest absolute Gasteiger partial charge is 0.404 e. The van der Waals surface area contributed by atoms with Crippen LogP contribution in [0.15, 0.2) is 0 Å². The summed E-state index contributed by atoms with van der Waals surface area (Å²) in [6.07, 6.45) is 3.85. The number of rotatable bonds is 2. The van der Waals surface area contributed by atoms with Crippen molar-refractivity contribution in [2.75, 3.05) is 13.1 Å². The SMILES string of the molecule is O=C(O)N[C@@H]1CCCN(C2CC2)C1. The molecule has 1 saturated heterocycles. The van der Waals surface area contributed by atoms with Crippen molar-refractivity contribution in [3.8, 4) is 0 Å². The summed E-state index contributed by atoms with van der Waals surface area (Å²) in [7, 11) is 0. The van der Waals surface area contributed by atoms with Crippen LogP contribution < -0.4 is 5.32 Å². The van der Waals surface area contributed by atoms with Crippen LogP contribution in [0.5, 0.6) is 0 Å². The molecule has 13 heavy (non-hydrogen) atoms. The summed E-state index contributed by atoms with van der Waals surface area (Å²) in [4.78, 5) is 12.9. The quantitative estimate of drug-likeness (QED) is 0.670. The Hall–Kier alpha value is -0.770. The first-order valence-corrected chi connectivity index (χ1v) is 4.99. The number of nitrogens with zero attached hydrogens (tertiary/aromatic N) is 1. The Kier molecular flexibility index (Phi) is 2.40. The van der Waals surface area contributed by atoms with E-state index in [9.17, 15) is 4.79 Å². The van der Waals surface area contributed by atoms with Crippen molar-refractivity contribution in [1.29, 1.82) is 0 Å². The van der Waals surface area contributed by atoms with Gasteiger partial charge in [-0.2, -0.15) is 0 Å². The second-order valence-electron chi connectivity index (χ2n) is 4.01. The summed E-state index contributed by atoms with van der Waals surface area (Å²) < 4.78 is 0. The minimum Gasteiger partial charge on any atom is -0.465 e. The fourth-order valence-corrected chi connectivity index (χ4v) is 2.07. The van der Waals surface area contributed by atoms with Crippen LogP contribution in [-0.2, 0) is 0 Å². The predicted molar refractivity (Wildman–Crippen MR) is 48.8 cm³/mol. The Labute approximate surface area is 77.9 Å². The molecule has 2 fully saturated rings. The molecule has 1 heterocycles. The second-order valence-corrected chi connectivity index (χ2v) is 4.01. The Morgan fingerprint density at radius 1 is 1.38 bits per heavy atom. The van der Waals surface area contributed by atoms with E-state index >= 15 is 0 Å². The number of nitrogens with one attached hydrogen (secondary N) is 1. The first-order chi connectivity index (χ1) is 6.25. The van der Waals surface area contributed by atoms with Crippen molar-refractivity contribution in [3.05, 3.63) is 0 Å². The van der Waals surface area contributed by atoms with E-state index in [1.54, 1.807) is 0 Å². The van der Waals surface area contributed by atoms with E-state index < -0.39 is 6.09 Å². The number of hydrogen-bond donors (Lipinski definition) is 2. The Balaban J connectivity index is 1.80. The number of amides is 1. The standard InChI is InChI=1S/C9H16N2O2/c12-9(13)10-7-2-1-5-11(6-7)8-3-4-8/h7-8,10H,1-6H2,(H,12,13)/t7-/m1/s1. The number of hydrogen-bond acceptors (Lipinski definition) is 2. The van der Waals surface area contributed by atoms with Crippen LogP contribution in [0.1, 0.15) is 25.7 Å². The van der Waals surface area contributed by atoms with E-state index in [1.807, 2.05) is 0 Å². The first kappa shape index (κ1) is 8.81. The van der Waals surface area contributed by atoms with Crippen LogP contribution in [0.25, 0.3) is 0 Å². The van der Waals surface area contributed by atoms with E-state index in [0.717, 1.165) is 32.0 Å². The summed E-state index contributed by atoms with van der Waals surface area (Å²) in [6.45, 7) is 2.07. The van der Waals surface area contributed by atoms with Crippen molar-refractivity contribution in [2.24, 2.45) is 0 Å². The third kappa shape index (κ3) is 2.34. The lowest BCUT2D eigenvalue weighted by Crippen LogP contribution is -2.47. The van der Waals surface area contributed by atoms with Gasteiger partial charge < -0.3 is 10.4 Å². The van der Waals surface area contributed by atoms with Gasteiger partial charge in [0, 0.05) is 18.6 Å². The molecule has 0 spiro atoms. The summed E-state index contributed by atoms with van der Waals surface area (Å²) in [5.74, 6) is 0. The summed E-state index contributed by atoms with van der Waals surface area (Å²) >= 11 is 0. The highest BCUT2D eigenvalue weighted by Gasteiger charge is 2.32. The Bertz CT molecular complexity index is 204. The van der Waals surface area contributed by atoms with Crippen molar-refractivity contribution in [2.45, 2.75) is 37.8 Å².